The Morgan fingerprint density at radius 1 is 1.73 bits per heavy atom. The fourth-order valence-corrected chi connectivity index (χ4v) is 0.885. The maximum atomic E-state index is 4.88. The second kappa shape index (κ2) is 4.83. The van der Waals surface area contributed by atoms with Gasteiger partial charge in [0.2, 0.25) is 0 Å². The summed E-state index contributed by atoms with van der Waals surface area (Å²) in [4.78, 5) is 0. The van der Waals surface area contributed by atoms with Gasteiger partial charge in [-0.1, -0.05) is 13.3 Å². The van der Waals surface area contributed by atoms with Gasteiger partial charge in [-0.15, -0.1) is 0 Å². The molecule has 0 fully saturated rings. The van der Waals surface area contributed by atoms with Crippen LogP contribution in [0.25, 0.3) is 0 Å². The van der Waals surface area contributed by atoms with Crippen molar-refractivity contribution in [1.29, 1.82) is 0 Å². The van der Waals surface area contributed by atoms with E-state index in [1.807, 2.05) is 6.08 Å². The van der Waals surface area contributed by atoms with E-state index in [2.05, 4.69) is 18.5 Å². The molecule has 0 spiro atoms. The third-order valence-electron chi connectivity index (χ3n) is 1.54. The van der Waals surface area contributed by atoms with E-state index < -0.39 is 0 Å². The highest BCUT2D eigenvalue weighted by atomic mass is 16.5. The lowest BCUT2D eigenvalue weighted by Gasteiger charge is -2.09. The molecular formula is C9H14NO. The number of hydrogen-bond acceptors (Lipinski definition) is 2. The van der Waals surface area contributed by atoms with Crippen molar-refractivity contribution in [3.63, 3.8) is 0 Å². The van der Waals surface area contributed by atoms with Gasteiger partial charge in [-0.25, -0.2) is 0 Å². The lowest BCUT2D eigenvalue weighted by atomic mass is 10.3. The second-order valence-corrected chi connectivity index (χ2v) is 2.55. The van der Waals surface area contributed by atoms with Crippen molar-refractivity contribution in [2.45, 2.75) is 26.2 Å². The molecule has 0 bridgehead atoms. The van der Waals surface area contributed by atoms with Gasteiger partial charge < -0.3 is 10.1 Å². The first-order valence-corrected chi connectivity index (χ1v) is 4.10. The van der Waals surface area contributed by atoms with Gasteiger partial charge in [0.25, 0.3) is 0 Å². The minimum atomic E-state index is 0.920. The third kappa shape index (κ3) is 3.12. The van der Waals surface area contributed by atoms with Crippen LogP contribution in [0.5, 0.6) is 0 Å². The monoisotopic (exact) mass is 152 g/mol. The maximum Gasteiger partial charge on any atom is 0.189 e. The number of unbranched alkanes of at least 4 members (excludes halogenated alkanes) is 1. The molecule has 0 aromatic rings. The molecule has 2 heteroatoms. The first kappa shape index (κ1) is 8.18. The normalized spacial score (nSPS) is 15.5. The smallest absolute Gasteiger partial charge is 0.189 e. The molecule has 1 rings (SSSR count). The molecular weight excluding hydrogens is 138 g/mol. The van der Waals surface area contributed by atoms with E-state index in [0.29, 0.717) is 0 Å². The topological polar surface area (TPSA) is 21.3 Å². The molecule has 61 valence electrons. The Morgan fingerprint density at radius 2 is 2.64 bits per heavy atom. The number of ether oxygens (including phenoxy) is 1. The molecule has 0 saturated carbocycles. The van der Waals surface area contributed by atoms with Crippen LogP contribution >= 0.6 is 0 Å². The van der Waals surface area contributed by atoms with Crippen molar-refractivity contribution in [3.05, 3.63) is 24.3 Å². The maximum absolute atomic E-state index is 4.88. The highest BCUT2D eigenvalue weighted by Gasteiger charge is 1.98. The van der Waals surface area contributed by atoms with E-state index >= 15 is 0 Å². The Labute approximate surface area is 67.9 Å². The molecule has 1 heterocycles. The van der Waals surface area contributed by atoms with E-state index in [9.17, 15) is 0 Å². The standard InChI is InChI=1S/C9H14NO/c1-2-3-6-10-9-5-4-7-11-8-9/h4,7,10H,2-3,5-6H2,1H3. The van der Waals surface area contributed by atoms with Crippen LogP contribution in [0.2, 0.25) is 0 Å². The first-order chi connectivity index (χ1) is 5.43. The van der Waals surface area contributed by atoms with Crippen LogP contribution in [0.3, 0.4) is 0 Å². The second-order valence-electron chi connectivity index (χ2n) is 2.55. The number of nitrogens with one attached hydrogen (secondary N) is 1. The minimum Gasteiger partial charge on any atom is -0.459 e. The van der Waals surface area contributed by atoms with Gasteiger partial charge >= 0.3 is 0 Å². The van der Waals surface area contributed by atoms with Crippen LogP contribution in [0.15, 0.2) is 18.0 Å². The molecule has 1 radical (unpaired) electrons. The lowest BCUT2D eigenvalue weighted by Crippen LogP contribution is -2.15. The molecule has 0 atom stereocenters. The Bertz CT molecular complexity index is 161. The van der Waals surface area contributed by atoms with E-state index in [0.717, 1.165) is 18.7 Å². The predicted octanol–water partition coefficient (Wildman–Crippen LogP) is 1.95. The summed E-state index contributed by atoms with van der Waals surface area (Å²) in [6, 6.07) is 0. The summed E-state index contributed by atoms with van der Waals surface area (Å²) in [5.74, 6) is 0. The zero-order valence-electron chi connectivity index (χ0n) is 6.89. The van der Waals surface area contributed by atoms with Gasteiger partial charge in [-0.2, -0.15) is 0 Å². The van der Waals surface area contributed by atoms with Gasteiger partial charge in [0, 0.05) is 13.0 Å². The van der Waals surface area contributed by atoms with E-state index in [-0.39, 0.29) is 0 Å². The highest BCUT2D eigenvalue weighted by molar-refractivity contribution is 5.02. The molecule has 0 unspecified atom stereocenters. The molecule has 0 aromatic heterocycles. The van der Waals surface area contributed by atoms with Gasteiger partial charge in [0.05, 0.1) is 12.0 Å². The SMILES string of the molecule is CCCCNC1=[C]OC=CC1. The van der Waals surface area contributed by atoms with Crippen LogP contribution in [0, 0.1) is 6.26 Å². The summed E-state index contributed by atoms with van der Waals surface area (Å²) in [5, 5.41) is 3.25. The molecule has 0 aromatic carbocycles. The third-order valence-corrected chi connectivity index (χ3v) is 1.54. The Balaban J connectivity index is 2.11. The Hall–Kier alpha value is -0.920. The van der Waals surface area contributed by atoms with Crippen LogP contribution in [0.4, 0.5) is 0 Å². The summed E-state index contributed by atoms with van der Waals surface area (Å²) >= 11 is 0. The molecule has 1 aliphatic rings. The van der Waals surface area contributed by atoms with E-state index in [4.69, 9.17) is 4.74 Å². The van der Waals surface area contributed by atoms with E-state index in [1.165, 1.54) is 12.8 Å². The van der Waals surface area contributed by atoms with Crippen molar-refractivity contribution in [1.82, 2.24) is 5.32 Å². The summed E-state index contributed by atoms with van der Waals surface area (Å²) in [5.41, 5.74) is 1.06. The summed E-state index contributed by atoms with van der Waals surface area (Å²) in [7, 11) is 0. The van der Waals surface area contributed by atoms with Crippen LogP contribution in [-0.2, 0) is 4.74 Å². The van der Waals surface area contributed by atoms with E-state index in [1.54, 1.807) is 6.26 Å². The summed E-state index contributed by atoms with van der Waals surface area (Å²) in [6.45, 7) is 3.20. The van der Waals surface area contributed by atoms with Crippen molar-refractivity contribution in [2.75, 3.05) is 6.54 Å². The van der Waals surface area contributed by atoms with Gasteiger partial charge in [0.1, 0.15) is 0 Å². The number of hydrogen-bond donors (Lipinski definition) is 1. The predicted molar refractivity (Wildman–Crippen MR) is 44.5 cm³/mol. The fourth-order valence-electron chi connectivity index (χ4n) is 0.885. The molecule has 0 amide bonds. The summed E-state index contributed by atoms with van der Waals surface area (Å²) in [6.07, 6.45) is 9.77. The van der Waals surface area contributed by atoms with Crippen molar-refractivity contribution < 1.29 is 4.74 Å². The van der Waals surface area contributed by atoms with Gasteiger partial charge in [-0.3, -0.25) is 0 Å². The van der Waals surface area contributed by atoms with Crippen LogP contribution < -0.4 is 5.32 Å². The molecule has 0 aliphatic carbocycles. The molecule has 2 nitrogen and oxygen atoms in total. The lowest BCUT2D eigenvalue weighted by molar-refractivity contribution is 0.353. The number of rotatable bonds is 4. The highest BCUT2D eigenvalue weighted by Crippen LogP contribution is 2.04. The summed E-state index contributed by atoms with van der Waals surface area (Å²) < 4.78 is 4.88. The van der Waals surface area contributed by atoms with Crippen molar-refractivity contribution in [2.24, 2.45) is 0 Å². The van der Waals surface area contributed by atoms with Gasteiger partial charge in [0.15, 0.2) is 6.26 Å². The quantitative estimate of drug-likeness (QED) is 0.622. The average molecular weight is 152 g/mol. The number of allylic oxidation sites excluding steroid dienone is 1. The average Bonchev–Trinajstić information content (AvgIpc) is 2.07. The molecule has 0 saturated heterocycles. The Morgan fingerprint density at radius 3 is 3.27 bits per heavy atom. The van der Waals surface area contributed by atoms with Crippen LogP contribution in [-0.4, -0.2) is 6.54 Å². The minimum absolute atomic E-state index is 0.920. The van der Waals surface area contributed by atoms with Gasteiger partial charge in [-0.05, 0) is 12.5 Å². The van der Waals surface area contributed by atoms with Crippen LogP contribution in [0.1, 0.15) is 26.2 Å². The zero-order valence-corrected chi connectivity index (χ0v) is 6.89. The first-order valence-electron chi connectivity index (χ1n) is 4.10. The largest absolute Gasteiger partial charge is 0.459 e. The molecule has 11 heavy (non-hydrogen) atoms. The Kier molecular flexibility index (Phi) is 3.59. The molecule has 1 aliphatic heterocycles. The van der Waals surface area contributed by atoms with Crippen molar-refractivity contribution in [3.8, 4) is 0 Å². The fraction of sp³-hybridized carbons (Fsp3) is 0.556. The molecule has 1 N–H and O–H groups in total. The van der Waals surface area contributed by atoms with Crippen molar-refractivity contribution >= 4 is 0 Å². The zero-order chi connectivity index (χ0) is 7.94.